The van der Waals surface area contributed by atoms with Crippen molar-refractivity contribution in [2.24, 2.45) is 0 Å². The molecule has 1 aromatic rings. The molecule has 0 saturated carbocycles. The Hall–Kier alpha value is 0.350. The molecule has 0 fully saturated rings. The number of hydrogen-bond donors (Lipinski definition) is 0. The third kappa shape index (κ3) is 1.91. The third-order valence-electron chi connectivity index (χ3n) is 1.08. The maximum atomic E-state index is 10.3. The smallest absolute Gasteiger partial charge is 0.150 e. The molecule has 1 aromatic carbocycles. The van der Waals surface area contributed by atoms with Crippen molar-refractivity contribution < 1.29 is 4.79 Å². The highest BCUT2D eigenvalue weighted by Crippen LogP contribution is 2.15. The van der Waals surface area contributed by atoms with Crippen molar-refractivity contribution >= 4 is 51.5 Å². The fourth-order valence-electron chi connectivity index (χ4n) is 0.586. The molecule has 0 spiro atoms. The van der Waals surface area contributed by atoms with Gasteiger partial charge in [-0.25, -0.2) is 0 Å². The van der Waals surface area contributed by atoms with Gasteiger partial charge in [0, 0.05) is 12.7 Å². The maximum absolute atomic E-state index is 10.3. The molecule has 1 rings (SSSR count). The number of benzene rings is 1. The van der Waals surface area contributed by atoms with Gasteiger partial charge in [-0.1, -0.05) is 6.07 Å². The molecular formula is C7H4I2O. The van der Waals surface area contributed by atoms with Crippen molar-refractivity contribution in [2.45, 2.75) is 0 Å². The first kappa shape index (κ1) is 8.45. The van der Waals surface area contributed by atoms with E-state index in [1.54, 1.807) is 0 Å². The lowest BCUT2D eigenvalue weighted by Crippen LogP contribution is -1.83. The Morgan fingerprint density at radius 1 is 1.20 bits per heavy atom. The summed E-state index contributed by atoms with van der Waals surface area (Å²) in [5.41, 5.74) is 0.741. The van der Waals surface area contributed by atoms with E-state index in [4.69, 9.17) is 0 Å². The fourth-order valence-corrected chi connectivity index (χ4v) is 1.46. The van der Waals surface area contributed by atoms with E-state index in [9.17, 15) is 4.79 Å². The van der Waals surface area contributed by atoms with Crippen LogP contribution in [0, 0.1) is 7.14 Å². The van der Waals surface area contributed by atoms with Gasteiger partial charge >= 0.3 is 0 Å². The lowest BCUT2D eigenvalue weighted by molar-refractivity contribution is 0.112. The first-order valence-electron chi connectivity index (χ1n) is 2.64. The van der Waals surface area contributed by atoms with Crippen molar-refractivity contribution in [3.63, 3.8) is 0 Å². The van der Waals surface area contributed by atoms with Crippen LogP contribution in [0.3, 0.4) is 0 Å². The van der Waals surface area contributed by atoms with Crippen molar-refractivity contribution in [1.29, 1.82) is 0 Å². The molecule has 0 heterocycles. The first-order valence-corrected chi connectivity index (χ1v) is 4.80. The molecular weight excluding hydrogens is 354 g/mol. The summed E-state index contributed by atoms with van der Waals surface area (Å²) in [6.45, 7) is 0. The molecule has 0 bridgehead atoms. The minimum absolute atomic E-state index is 0.741. The second kappa shape index (κ2) is 3.66. The van der Waals surface area contributed by atoms with Gasteiger partial charge in [0.2, 0.25) is 0 Å². The van der Waals surface area contributed by atoms with Crippen LogP contribution in [-0.4, -0.2) is 6.29 Å². The zero-order valence-electron chi connectivity index (χ0n) is 4.97. The van der Waals surface area contributed by atoms with Crippen LogP contribution in [0.15, 0.2) is 18.2 Å². The van der Waals surface area contributed by atoms with E-state index in [1.165, 1.54) is 3.57 Å². The molecule has 0 unspecified atom stereocenters. The summed E-state index contributed by atoms with van der Waals surface area (Å²) in [6.07, 6.45) is 0.859. The monoisotopic (exact) mass is 358 g/mol. The number of carbonyl (C=O) groups excluding carboxylic acids is 1. The summed E-state index contributed by atoms with van der Waals surface area (Å²) in [6, 6.07) is 5.62. The van der Waals surface area contributed by atoms with E-state index >= 15 is 0 Å². The zero-order chi connectivity index (χ0) is 7.56. The molecule has 0 aromatic heterocycles. The largest absolute Gasteiger partial charge is 0.298 e. The minimum Gasteiger partial charge on any atom is -0.298 e. The summed E-state index contributed by atoms with van der Waals surface area (Å²) in [4.78, 5) is 10.3. The molecule has 0 aliphatic heterocycles. The van der Waals surface area contributed by atoms with Gasteiger partial charge in [0.25, 0.3) is 0 Å². The molecule has 0 radical (unpaired) electrons. The van der Waals surface area contributed by atoms with E-state index in [0.29, 0.717) is 0 Å². The van der Waals surface area contributed by atoms with E-state index in [0.717, 1.165) is 15.4 Å². The van der Waals surface area contributed by atoms with Crippen molar-refractivity contribution in [3.8, 4) is 0 Å². The van der Waals surface area contributed by atoms with Gasteiger partial charge in [-0.3, -0.25) is 4.79 Å². The molecule has 0 atom stereocenters. The summed E-state index contributed by atoms with van der Waals surface area (Å²) in [7, 11) is 0. The van der Waals surface area contributed by atoms with Crippen LogP contribution in [0.1, 0.15) is 10.4 Å². The highest BCUT2D eigenvalue weighted by molar-refractivity contribution is 14.1. The van der Waals surface area contributed by atoms with Gasteiger partial charge < -0.3 is 0 Å². The first-order chi connectivity index (χ1) is 4.74. The summed E-state index contributed by atoms with van der Waals surface area (Å²) in [5.74, 6) is 0. The van der Waals surface area contributed by atoms with E-state index in [1.807, 2.05) is 18.2 Å². The van der Waals surface area contributed by atoms with Gasteiger partial charge in [0.05, 0.1) is 0 Å². The maximum Gasteiger partial charge on any atom is 0.150 e. The number of carbonyl (C=O) groups is 1. The Morgan fingerprint density at radius 3 is 2.40 bits per heavy atom. The second-order valence-corrected chi connectivity index (χ2v) is 4.12. The molecule has 0 aliphatic carbocycles. The number of halogens is 2. The molecule has 1 nitrogen and oxygen atoms in total. The molecule has 0 amide bonds. The number of rotatable bonds is 1. The third-order valence-corrected chi connectivity index (χ3v) is 3.94. The van der Waals surface area contributed by atoms with Crippen LogP contribution >= 0.6 is 45.2 Å². The second-order valence-electron chi connectivity index (χ2n) is 1.79. The SMILES string of the molecule is O=Cc1ccc(I)c(I)c1. The highest BCUT2D eigenvalue weighted by atomic mass is 127. The Balaban J connectivity index is 3.16. The normalized spacial score (nSPS) is 9.40. The van der Waals surface area contributed by atoms with Gasteiger partial charge in [-0.2, -0.15) is 0 Å². The Bertz CT molecular complexity index is 258. The van der Waals surface area contributed by atoms with Crippen molar-refractivity contribution in [2.75, 3.05) is 0 Å². The Kier molecular flexibility index (Phi) is 3.09. The van der Waals surface area contributed by atoms with E-state index in [-0.39, 0.29) is 0 Å². The van der Waals surface area contributed by atoms with E-state index in [2.05, 4.69) is 45.2 Å². The van der Waals surface area contributed by atoms with Gasteiger partial charge in [-0.15, -0.1) is 0 Å². The minimum atomic E-state index is 0.741. The van der Waals surface area contributed by atoms with Crippen molar-refractivity contribution in [1.82, 2.24) is 0 Å². The van der Waals surface area contributed by atoms with Gasteiger partial charge in [-0.05, 0) is 57.3 Å². The molecule has 3 heteroatoms. The van der Waals surface area contributed by atoms with Crippen LogP contribution < -0.4 is 0 Å². The topological polar surface area (TPSA) is 17.1 Å². The van der Waals surface area contributed by atoms with Gasteiger partial charge in [0.1, 0.15) is 6.29 Å². The predicted molar refractivity (Wildman–Crippen MR) is 57.3 cm³/mol. The molecule has 0 N–H and O–H groups in total. The predicted octanol–water partition coefficient (Wildman–Crippen LogP) is 2.71. The molecule has 10 heavy (non-hydrogen) atoms. The molecule has 52 valence electrons. The summed E-state index contributed by atoms with van der Waals surface area (Å²) < 4.78 is 2.31. The lowest BCUT2D eigenvalue weighted by atomic mass is 10.2. The number of aldehydes is 1. The number of hydrogen-bond acceptors (Lipinski definition) is 1. The van der Waals surface area contributed by atoms with Crippen molar-refractivity contribution in [3.05, 3.63) is 30.9 Å². The standard InChI is InChI=1S/C7H4I2O/c8-6-2-1-5(4-10)3-7(6)9/h1-4H. The van der Waals surface area contributed by atoms with Crippen LogP contribution in [0.2, 0.25) is 0 Å². The van der Waals surface area contributed by atoms with Crippen LogP contribution in [-0.2, 0) is 0 Å². The highest BCUT2D eigenvalue weighted by Gasteiger charge is 1.95. The van der Waals surface area contributed by atoms with E-state index < -0.39 is 0 Å². The Morgan fingerprint density at radius 2 is 1.90 bits per heavy atom. The quantitative estimate of drug-likeness (QED) is 0.558. The summed E-state index contributed by atoms with van der Waals surface area (Å²) >= 11 is 4.44. The fraction of sp³-hybridized carbons (Fsp3) is 0. The lowest BCUT2D eigenvalue weighted by Gasteiger charge is -1.94. The molecule has 0 saturated heterocycles. The Labute approximate surface area is 86.5 Å². The summed E-state index contributed by atoms with van der Waals surface area (Å²) in [5, 5.41) is 0. The average Bonchev–Trinajstić information content (AvgIpc) is 1.95. The zero-order valence-corrected chi connectivity index (χ0v) is 9.29. The average molecular weight is 358 g/mol. The van der Waals surface area contributed by atoms with Crippen LogP contribution in [0.5, 0.6) is 0 Å². The van der Waals surface area contributed by atoms with Crippen LogP contribution in [0.25, 0.3) is 0 Å². The molecule has 0 aliphatic rings. The van der Waals surface area contributed by atoms with Crippen LogP contribution in [0.4, 0.5) is 0 Å². The van der Waals surface area contributed by atoms with Gasteiger partial charge in [0.15, 0.2) is 0 Å².